The highest BCUT2D eigenvalue weighted by Crippen LogP contribution is 2.47. The first-order valence-electron chi connectivity index (χ1n) is 10.2. The van der Waals surface area contributed by atoms with E-state index in [1.807, 2.05) is 24.3 Å². The summed E-state index contributed by atoms with van der Waals surface area (Å²) >= 11 is 0. The maximum absolute atomic E-state index is 12.5. The van der Waals surface area contributed by atoms with Crippen LogP contribution in [0.25, 0.3) is 11.6 Å². The lowest BCUT2D eigenvalue weighted by molar-refractivity contribution is 0.287. The summed E-state index contributed by atoms with van der Waals surface area (Å²) in [5.74, 6) is 0. The lowest BCUT2D eigenvalue weighted by atomic mass is 9.63. The maximum Gasteiger partial charge on any atom is 0.360 e. The first kappa shape index (κ1) is 22.0. The SMILES string of the molecule is COP(=O)(OC)c1ccc(C=C(C)c2ccc3c(c2)C(C)(C)CCC3(C)C)cc1. The fourth-order valence-electron chi connectivity index (χ4n) is 4.21. The molecule has 0 aromatic heterocycles. The second kappa shape index (κ2) is 7.87. The molecule has 2 aromatic rings. The summed E-state index contributed by atoms with van der Waals surface area (Å²) in [6, 6.07) is 14.5. The van der Waals surface area contributed by atoms with E-state index in [0.717, 1.165) is 5.56 Å². The van der Waals surface area contributed by atoms with Crippen LogP contribution >= 0.6 is 7.60 Å². The second-order valence-corrected chi connectivity index (χ2v) is 11.6. The van der Waals surface area contributed by atoms with Crippen molar-refractivity contribution in [2.75, 3.05) is 14.2 Å². The standard InChI is InChI=1S/C25H33O3P/c1-18(16-19-8-11-21(12-9-19)29(26,27-6)28-7)20-10-13-22-23(17-20)25(4,5)15-14-24(22,2)3/h8-13,16-17H,14-15H2,1-7H3. The molecular formula is C25H33O3P. The van der Waals surface area contributed by atoms with Gasteiger partial charge in [-0.15, -0.1) is 0 Å². The quantitative estimate of drug-likeness (QED) is 0.404. The van der Waals surface area contributed by atoms with Gasteiger partial charge in [-0.25, -0.2) is 0 Å². The van der Waals surface area contributed by atoms with Crippen LogP contribution in [0, 0.1) is 0 Å². The summed E-state index contributed by atoms with van der Waals surface area (Å²) in [5, 5.41) is 0.565. The van der Waals surface area contributed by atoms with Crippen LogP contribution in [0.3, 0.4) is 0 Å². The van der Waals surface area contributed by atoms with Crippen molar-refractivity contribution in [3.8, 4) is 0 Å². The van der Waals surface area contributed by atoms with E-state index in [9.17, 15) is 4.57 Å². The zero-order chi connectivity index (χ0) is 21.4. The Morgan fingerprint density at radius 1 is 0.897 bits per heavy atom. The van der Waals surface area contributed by atoms with E-state index in [-0.39, 0.29) is 10.8 Å². The first-order valence-corrected chi connectivity index (χ1v) is 11.7. The van der Waals surface area contributed by atoms with Gasteiger partial charge in [0.2, 0.25) is 0 Å². The van der Waals surface area contributed by atoms with Crippen molar-refractivity contribution >= 4 is 24.5 Å². The van der Waals surface area contributed by atoms with Crippen LogP contribution < -0.4 is 5.30 Å². The van der Waals surface area contributed by atoms with Gasteiger partial charge in [0.25, 0.3) is 0 Å². The van der Waals surface area contributed by atoms with Crippen LogP contribution in [0.2, 0.25) is 0 Å². The summed E-state index contributed by atoms with van der Waals surface area (Å²) in [4.78, 5) is 0. The van der Waals surface area contributed by atoms with E-state index >= 15 is 0 Å². The molecule has 0 aliphatic heterocycles. The number of fused-ring (bicyclic) bond motifs is 1. The average Bonchev–Trinajstić information content (AvgIpc) is 2.71. The van der Waals surface area contributed by atoms with Crippen molar-refractivity contribution in [1.29, 1.82) is 0 Å². The summed E-state index contributed by atoms with van der Waals surface area (Å²) in [6.45, 7) is 11.6. The molecule has 3 nitrogen and oxygen atoms in total. The normalized spacial score (nSPS) is 18.4. The summed E-state index contributed by atoms with van der Waals surface area (Å²) in [7, 11) is -0.399. The minimum Gasteiger partial charge on any atom is -0.309 e. The van der Waals surface area contributed by atoms with Crippen LogP contribution in [0.4, 0.5) is 0 Å². The van der Waals surface area contributed by atoms with Gasteiger partial charge in [0.1, 0.15) is 0 Å². The van der Waals surface area contributed by atoms with Gasteiger partial charge >= 0.3 is 7.60 Å². The summed E-state index contributed by atoms with van der Waals surface area (Å²) in [6.07, 6.45) is 4.59. The number of allylic oxidation sites excluding steroid dienone is 1. The minimum atomic E-state index is -3.21. The van der Waals surface area contributed by atoms with Gasteiger partial charge in [0, 0.05) is 14.2 Å². The Morgan fingerprint density at radius 3 is 2.00 bits per heavy atom. The topological polar surface area (TPSA) is 35.5 Å². The Morgan fingerprint density at radius 2 is 1.45 bits per heavy atom. The molecule has 0 N–H and O–H groups in total. The zero-order valence-corrected chi connectivity index (χ0v) is 19.6. The van der Waals surface area contributed by atoms with Crippen molar-refractivity contribution in [2.24, 2.45) is 0 Å². The van der Waals surface area contributed by atoms with Gasteiger partial charge in [-0.2, -0.15) is 0 Å². The molecule has 0 bridgehead atoms. The van der Waals surface area contributed by atoms with Crippen LogP contribution in [-0.2, 0) is 24.4 Å². The van der Waals surface area contributed by atoms with E-state index in [4.69, 9.17) is 9.05 Å². The fraction of sp³-hybridized carbons (Fsp3) is 0.440. The molecule has 0 saturated carbocycles. The third kappa shape index (κ3) is 4.28. The molecule has 0 unspecified atom stereocenters. The third-order valence-electron chi connectivity index (χ3n) is 6.38. The third-order valence-corrected chi connectivity index (χ3v) is 8.27. The molecule has 29 heavy (non-hydrogen) atoms. The molecule has 0 spiro atoms. The van der Waals surface area contributed by atoms with Crippen LogP contribution in [0.15, 0.2) is 42.5 Å². The van der Waals surface area contributed by atoms with Crippen LogP contribution in [0.1, 0.15) is 69.7 Å². The van der Waals surface area contributed by atoms with E-state index in [1.165, 1.54) is 49.3 Å². The van der Waals surface area contributed by atoms with Gasteiger partial charge in [-0.3, -0.25) is 4.57 Å². The van der Waals surface area contributed by atoms with Crippen molar-refractivity contribution in [2.45, 2.75) is 58.3 Å². The summed E-state index contributed by atoms with van der Waals surface area (Å²) < 4.78 is 22.6. The highest BCUT2D eigenvalue weighted by molar-refractivity contribution is 7.62. The molecule has 156 valence electrons. The monoisotopic (exact) mass is 412 g/mol. The average molecular weight is 413 g/mol. The lowest BCUT2D eigenvalue weighted by Gasteiger charge is -2.42. The molecule has 1 aliphatic rings. The lowest BCUT2D eigenvalue weighted by Crippen LogP contribution is -2.33. The van der Waals surface area contributed by atoms with Crippen molar-refractivity contribution < 1.29 is 13.6 Å². The maximum atomic E-state index is 12.5. The van der Waals surface area contributed by atoms with Gasteiger partial charge in [-0.1, -0.05) is 64.1 Å². The zero-order valence-electron chi connectivity index (χ0n) is 18.7. The largest absolute Gasteiger partial charge is 0.360 e. The predicted molar refractivity (Wildman–Crippen MR) is 123 cm³/mol. The van der Waals surface area contributed by atoms with E-state index < -0.39 is 7.60 Å². The molecule has 1 aliphatic carbocycles. The number of rotatable bonds is 5. The molecule has 2 aromatic carbocycles. The Balaban J connectivity index is 1.94. The molecule has 4 heteroatoms. The fourth-order valence-corrected chi connectivity index (χ4v) is 5.29. The molecular weight excluding hydrogens is 379 g/mol. The Labute approximate surface area is 175 Å². The summed E-state index contributed by atoms with van der Waals surface area (Å²) in [5.41, 5.74) is 6.89. The smallest absolute Gasteiger partial charge is 0.309 e. The van der Waals surface area contributed by atoms with Gasteiger partial charge < -0.3 is 9.05 Å². The van der Waals surface area contributed by atoms with E-state index in [0.29, 0.717) is 5.30 Å². The molecule has 0 atom stereocenters. The predicted octanol–water partition coefficient (Wildman–Crippen LogP) is 6.71. The Bertz CT molecular complexity index is 960. The van der Waals surface area contributed by atoms with Gasteiger partial charge in [-0.05, 0) is 70.6 Å². The molecule has 0 saturated heterocycles. The Kier molecular flexibility index (Phi) is 5.98. The van der Waals surface area contributed by atoms with Crippen molar-refractivity contribution in [3.05, 3.63) is 64.7 Å². The highest BCUT2D eigenvalue weighted by Gasteiger charge is 2.36. The minimum absolute atomic E-state index is 0.199. The van der Waals surface area contributed by atoms with Gasteiger partial charge in [0.15, 0.2) is 0 Å². The number of benzene rings is 2. The molecule has 3 rings (SSSR count). The number of hydrogen-bond donors (Lipinski definition) is 0. The second-order valence-electron chi connectivity index (χ2n) is 9.31. The molecule has 0 heterocycles. The van der Waals surface area contributed by atoms with Crippen molar-refractivity contribution in [3.63, 3.8) is 0 Å². The van der Waals surface area contributed by atoms with Crippen LogP contribution in [-0.4, -0.2) is 14.2 Å². The van der Waals surface area contributed by atoms with Crippen LogP contribution in [0.5, 0.6) is 0 Å². The van der Waals surface area contributed by atoms with Crippen molar-refractivity contribution in [1.82, 2.24) is 0 Å². The molecule has 0 fully saturated rings. The Hall–Kier alpha value is -1.67. The van der Waals surface area contributed by atoms with E-state index in [1.54, 1.807) is 0 Å². The molecule has 0 amide bonds. The molecule has 0 radical (unpaired) electrons. The highest BCUT2D eigenvalue weighted by atomic mass is 31.2. The first-order chi connectivity index (χ1) is 13.5. The number of hydrogen-bond acceptors (Lipinski definition) is 3. The van der Waals surface area contributed by atoms with E-state index in [2.05, 4.69) is 58.9 Å². The van der Waals surface area contributed by atoms with Gasteiger partial charge in [0.05, 0.1) is 5.30 Å².